The third-order valence-electron chi connectivity index (χ3n) is 4.63. The summed E-state index contributed by atoms with van der Waals surface area (Å²) in [6, 6.07) is 3.89. The van der Waals surface area contributed by atoms with Gasteiger partial charge in [0.15, 0.2) is 0 Å². The lowest BCUT2D eigenvalue weighted by Gasteiger charge is -2.32. The van der Waals surface area contributed by atoms with E-state index in [1.54, 1.807) is 18.6 Å². The number of aliphatic hydroxyl groups is 1. The minimum absolute atomic E-state index is 0.000297. The first-order valence-electron chi connectivity index (χ1n) is 9.05. The second-order valence-corrected chi connectivity index (χ2v) is 7.19. The van der Waals surface area contributed by atoms with Gasteiger partial charge in [0.05, 0.1) is 34.8 Å². The molecule has 0 bridgehead atoms. The van der Waals surface area contributed by atoms with Gasteiger partial charge in [-0.2, -0.15) is 5.10 Å². The molecule has 0 saturated heterocycles. The number of carbonyl (C=O) groups is 1. The first kappa shape index (κ1) is 17.4. The Hall–Kier alpha value is -3.00. The molecule has 1 aliphatic rings. The molecule has 4 N–H and O–H groups in total. The van der Waals surface area contributed by atoms with E-state index in [-0.39, 0.29) is 24.1 Å². The molecule has 1 amide bonds. The lowest BCUT2D eigenvalue weighted by atomic mass is 9.89. The molecule has 3 heterocycles. The normalized spacial score (nSPS) is 19.1. The van der Waals surface area contributed by atoms with Crippen LogP contribution < -0.4 is 10.6 Å². The Kier molecular flexibility index (Phi) is 4.49. The molecular weight excluding hydrogens is 344 g/mol. The summed E-state index contributed by atoms with van der Waals surface area (Å²) in [7, 11) is 0. The van der Waals surface area contributed by atoms with Crippen LogP contribution in [-0.4, -0.2) is 49.4 Å². The number of pyridine rings is 2. The smallest absolute Gasteiger partial charge is 0.255 e. The number of rotatable bonds is 5. The molecule has 0 spiro atoms. The van der Waals surface area contributed by atoms with Crippen LogP contribution >= 0.6 is 0 Å². The van der Waals surface area contributed by atoms with E-state index in [4.69, 9.17) is 4.98 Å². The number of anilines is 1. The van der Waals surface area contributed by atoms with Crippen molar-refractivity contribution in [1.82, 2.24) is 25.5 Å². The Morgan fingerprint density at radius 1 is 1.30 bits per heavy atom. The van der Waals surface area contributed by atoms with Crippen molar-refractivity contribution in [2.24, 2.45) is 0 Å². The number of H-pyrrole nitrogens is 1. The number of hydrogen-bond donors (Lipinski definition) is 4. The first-order valence-corrected chi connectivity index (χ1v) is 9.05. The highest BCUT2D eigenvalue weighted by molar-refractivity contribution is 6.06. The summed E-state index contributed by atoms with van der Waals surface area (Å²) in [4.78, 5) is 22.0. The molecule has 4 rings (SSSR count). The van der Waals surface area contributed by atoms with Crippen LogP contribution in [0.15, 0.2) is 30.7 Å². The van der Waals surface area contributed by atoms with E-state index >= 15 is 0 Å². The fourth-order valence-electron chi connectivity index (χ4n) is 3.19. The Bertz CT molecular complexity index is 964. The van der Waals surface area contributed by atoms with Gasteiger partial charge in [-0.3, -0.25) is 14.9 Å². The number of amides is 1. The summed E-state index contributed by atoms with van der Waals surface area (Å²) in [6.07, 6.45) is 5.91. The van der Waals surface area contributed by atoms with Crippen molar-refractivity contribution in [3.05, 3.63) is 36.3 Å². The van der Waals surface area contributed by atoms with Crippen molar-refractivity contribution >= 4 is 22.6 Å². The fraction of sp³-hybridized carbons (Fsp3) is 0.368. The average molecular weight is 366 g/mol. The summed E-state index contributed by atoms with van der Waals surface area (Å²) < 4.78 is 0. The number of aromatic amines is 1. The predicted molar refractivity (Wildman–Crippen MR) is 102 cm³/mol. The van der Waals surface area contributed by atoms with Crippen LogP contribution in [0.4, 0.5) is 5.69 Å². The highest BCUT2D eigenvalue weighted by Gasteiger charge is 2.29. The largest absolute Gasteiger partial charge is 0.393 e. The van der Waals surface area contributed by atoms with Gasteiger partial charge in [-0.05, 0) is 38.8 Å². The monoisotopic (exact) mass is 366 g/mol. The Morgan fingerprint density at radius 3 is 2.78 bits per heavy atom. The van der Waals surface area contributed by atoms with E-state index in [1.807, 2.05) is 26.0 Å². The highest BCUT2D eigenvalue weighted by Crippen LogP contribution is 2.29. The topological polar surface area (TPSA) is 116 Å². The summed E-state index contributed by atoms with van der Waals surface area (Å²) in [5, 5.41) is 22.5. The van der Waals surface area contributed by atoms with Crippen LogP contribution in [0.3, 0.4) is 0 Å². The van der Waals surface area contributed by atoms with Gasteiger partial charge >= 0.3 is 0 Å². The molecule has 140 valence electrons. The van der Waals surface area contributed by atoms with Gasteiger partial charge in [-0.25, -0.2) is 4.98 Å². The fourth-order valence-corrected chi connectivity index (χ4v) is 3.19. The molecular formula is C19H22N6O2. The van der Waals surface area contributed by atoms with Crippen LogP contribution in [0, 0.1) is 0 Å². The molecule has 0 aromatic carbocycles. The predicted octanol–water partition coefficient (Wildman–Crippen LogP) is 2.09. The number of nitrogens with zero attached hydrogens (tertiary/aromatic N) is 3. The van der Waals surface area contributed by atoms with Crippen molar-refractivity contribution in [3.63, 3.8) is 0 Å². The zero-order valence-electron chi connectivity index (χ0n) is 15.2. The van der Waals surface area contributed by atoms with Gasteiger partial charge in [0.25, 0.3) is 5.91 Å². The molecule has 27 heavy (non-hydrogen) atoms. The second kappa shape index (κ2) is 6.96. The van der Waals surface area contributed by atoms with Gasteiger partial charge in [0.2, 0.25) is 0 Å². The van der Waals surface area contributed by atoms with Crippen molar-refractivity contribution in [2.45, 2.75) is 44.9 Å². The molecule has 0 atom stereocenters. The van der Waals surface area contributed by atoms with Crippen molar-refractivity contribution in [1.29, 1.82) is 0 Å². The number of aromatic nitrogens is 4. The van der Waals surface area contributed by atoms with Crippen molar-refractivity contribution in [2.75, 3.05) is 5.32 Å². The minimum Gasteiger partial charge on any atom is -0.393 e. The molecule has 1 aliphatic carbocycles. The third kappa shape index (κ3) is 3.48. The number of carbonyl (C=O) groups excluding carboxylic acids is 1. The molecule has 1 fully saturated rings. The first-order chi connectivity index (χ1) is 13.0. The lowest BCUT2D eigenvalue weighted by molar-refractivity contribution is 0.0563. The summed E-state index contributed by atoms with van der Waals surface area (Å²) in [5.74, 6) is -0.208. The Morgan fingerprint density at radius 2 is 2.11 bits per heavy atom. The van der Waals surface area contributed by atoms with E-state index in [9.17, 15) is 9.90 Å². The number of fused-ring (bicyclic) bond motifs is 1. The zero-order valence-corrected chi connectivity index (χ0v) is 15.2. The van der Waals surface area contributed by atoms with Crippen LogP contribution in [0.2, 0.25) is 0 Å². The standard InChI is InChI=1S/C19H22N6O2/c1-10(2)23-17-14(19(27)24-12-5-13(26)6-12)9-20-16-4-3-15(25-18(16)17)11-7-21-22-8-11/h3-4,7-10,12-13,26H,5-6H2,1-2H3,(H,20,23)(H,21,22)(H,24,27)/t12-,13-. The van der Waals surface area contributed by atoms with Crippen LogP contribution in [0.25, 0.3) is 22.3 Å². The van der Waals surface area contributed by atoms with Crippen LogP contribution in [0.5, 0.6) is 0 Å². The number of aliphatic hydroxyl groups excluding tert-OH is 1. The number of nitrogens with one attached hydrogen (secondary N) is 3. The van der Waals surface area contributed by atoms with Crippen LogP contribution in [-0.2, 0) is 0 Å². The molecule has 8 heteroatoms. The van der Waals surface area contributed by atoms with Gasteiger partial charge in [-0.1, -0.05) is 0 Å². The average Bonchev–Trinajstić information content (AvgIpc) is 3.14. The van der Waals surface area contributed by atoms with Gasteiger partial charge in [0, 0.05) is 30.0 Å². The van der Waals surface area contributed by atoms with Crippen molar-refractivity contribution in [3.8, 4) is 11.3 Å². The van der Waals surface area contributed by atoms with E-state index in [2.05, 4.69) is 25.8 Å². The van der Waals surface area contributed by atoms with Gasteiger partial charge < -0.3 is 15.7 Å². The molecule has 0 unspecified atom stereocenters. The molecule has 8 nitrogen and oxygen atoms in total. The molecule has 0 aliphatic heterocycles. The maximum absolute atomic E-state index is 12.8. The van der Waals surface area contributed by atoms with E-state index in [1.165, 1.54) is 0 Å². The van der Waals surface area contributed by atoms with Crippen molar-refractivity contribution < 1.29 is 9.90 Å². The maximum Gasteiger partial charge on any atom is 0.255 e. The van der Waals surface area contributed by atoms with E-state index in [0.29, 0.717) is 35.1 Å². The summed E-state index contributed by atoms with van der Waals surface area (Å²) in [6.45, 7) is 4.02. The Balaban J connectivity index is 1.76. The number of hydrogen-bond acceptors (Lipinski definition) is 6. The van der Waals surface area contributed by atoms with Gasteiger partial charge in [0.1, 0.15) is 5.52 Å². The SMILES string of the molecule is CC(C)Nc1c(C(=O)N[C@H]2C[C@H](O)C2)cnc2ccc(-c3cn[nH]c3)nc12. The second-order valence-electron chi connectivity index (χ2n) is 7.19. The highest BCUT2D eigenvalue weighted by atomic mass is 16.3. The minimum atomic E-state index is -0.322. The lowest BCUT2D eigenvalue weighted by Crippen LogP contribution is -2.46. The molecule has 3 aromatic heterocycles. The van der Waals surface area contributed by atoms with E-state index < -0.39 is 0 Å². The van der Waals surface area contributed by atoms with E-state index in [0.717, 1.165) is 11.3 Å². The zero-order chi connectivity index (χ0) is 19.0. The molecule has 1 saturated carbocycles. The maximum atomic E-state index is 12.8. The Labute approximate surface area is 156 Å². The third-order valence-corrected chi connectivity index (χ3v) is 4.63. The summed E-state index contributed by atoms with van der Waals surface area (Å²) >= 11 is 0. The summed E-state index contributed by atoms with van der Waals surface area (Å²) in [5.41, 5.74) is 4.09. The quantitative estimate of drug-likeness (QED) is 0.549. The van der Waals surface area contributed by atoms with Gasteiger partial charge in [-0.15, -0.1) is 0 Å². The molecule has 0 radical (unpaired) electrons. The molecule has 3 aromatic rings. The van der Waals surface area contributed by atoms with Crippen LogP contribution in [0.1, 0.15) is 37.0 Å².